The fourth-order valence-electron chi connectivity index (χ4n) is 2.56. The largest absolute Gasteiger partial charge is 0.495 e. The molecule has 0 bridgehead atoms. The normalized spacial score (nSPS) is 15.3. The Morgan fingerprint density at radius 2 is 2.17 bits per heavy atom. The first-order chi connectivity index (χ1) is 8.77. The van der Waals surface area contributed by atoms with Crippen molar-refractivity contribution in [3.63, 3.8) is 0 Å². The van der Waals surface area contributed by atoms with Crippen molar-refractivity contribution in [2.75, 3.05) is 50.1 Å². The van der Waals surface area contributed by atoms with Crippen LogP contribution in [0.1, 0.15) is 12.8 Å². The van der Waals surface area contributed by atoms with Gasteiger partial charge in [-0.05, 0) is 31.5 Å². The third-order valence-corrected chi connectivity index (χ3v) is 3.47. The van der Waals surface area contributed by atoms with E-state index in [4.69, 9.17) is 10.5 Å². The smallest absolute Gasteiger partial charge is 0.144 e. The monoisotopic (exact) mass is 249 g/mol. The molecule has 0 aliphatic carbocycles. The molecule has 0 saturated carbocycles. The summed E-state index contributed by atoms with van der Waals surface area (Å²) in [7, 11) is 3.87. The van der Waals surface area contributed by atoms with Crippen molar-refractivity contribution in [2.24, 2.45) is 5.73 Å². The fraction of sp³-hybridized carbons (Fsp3) is 0.571. The lowest BCUT2D eigenvalue weighted by molar-refractivity contribution is 0.415. The maximum Gasteiger partial charge on any atom is 0.144 e. The molecule has 18 heavy (non-hydrogen) atoms. The van der Waals surface area contributed by atoms with Crippen LogP contribution in [0.4, 0.5) is 11.4 Å². The minimum atomic E-state index is 0.742. The van der Waals surface area contributed by atoms with Crippen LogP contribution in [-0.2, 0) is 0 Å². The van der Waals surface area contributed by atoms with Gasteiger partial charge in [-0.2, -0.15) is 0 Å². The molecule has 2 rings (SSSR count). The number of methoxy groups -OCH3 is 1. The summed E-state index contributed by atoms with van der Waals surface area (Å²) in [5.74, 6) is 0.953. The minimum Gasteiger partial charge on any atom is -0.495 e. The van der Waals surface area contributed by atoms with Crippen LogP contribution >= 0.6 is 0 Å². The number of rotatable bonds is 4. The van der Waals surface area contributed by atoms with Crippen molar-refractivity contribution in [2.45, 2.75) is 12.8 Å². The Balaban J connectivity index is 2.36. The molecule has 1 heterocycles. The lowest BCUT2D eigenvalue weighted by Crippen LogP contribution is -2.26. The molecule has 1 aromatic carbocycles. The van der Waals surface area contributed by atoms with Gasteiger partial charge in [-0.3, -0.25) is 0 Å². The number of ether oxygens (including phenoxy) is 1. The highest BCUT2D eigenvalue weighted by Crippen LogP contribution is 2.39. The average Bonchev–Trinajstić information content (AvgIpc) is 2.56. The van der Waals surface area contributed by atoms with E-state index in [1.165, 1.54) is 17.8 Å². The zero-order valence-electron chi connectivity index (χ0n) is 11.4. The Morgan fingerprint density at radius 3 is 2.89 bits per heavy atom. The van der Waals surface area contributed by atoms with Crippen LogP contribution in [0.15, 0.2) is 18.2 Å². The van der Waals surface area contributed by atoms with Crippen LogP contribution in [0.3, 0.4) is 0 Å². The van der Waals surface area contributed by atoms with Crippen LogP contribution in [0.2, 0.25) is 0 Å². The van der Waals surface area contributed by atoms with Crippen LogP contribution in [0.25, 0.3) is 0 Å². The number of nitrogens with two attached hydrogens (primary N) is 1. The zero-order chi connectivity index (χ0) is 13.0. The number of anilines is 2. The lowest BCUT2D eigenvalue weighted by Gasteiger charge is -2.27. The molecule has 1 aliphatic heterocycles. The zero-order valence-corrected chi connectivity index (χ0v) is 11.4. The van der Waals surface area contributed by atoms with Crippen LogP contribution in [0, 0.1) is 0 Å². The molecule has 1 aliphatic rings. The van der Waals surface area contributed by atoms with Gasteiger partial charge in [0.2, 0.25) is 0 Å². The van der Waals surface area contributed by atoms with E-state index < -0.39 is 0 Å². The molecule has 0 unspecified atom stereocenters. The molecule has 100 valence electrons. The maximum absolute atomic E-state index is 5.63. The molecule has 0 fully saturated rings. The van der Waals surface area contributed by atoms with E-state index in [2.05, 4.69) is 29.0 Å². The molecule has 2 N–H and O–H groups in total. The fourth-order valence-corrected chi connectivity index (χ4v) is 2.56. The summed E-state index contributed by atoms with van der Waals surface area (Å²) < 4.78 is 5.50. The minimum absolute atomic E-state index is 0.742. The SMILES string of the molecule is COc1cccc2c1N(C)CCCN2CCCN. The Bertz CT molecular complexity index is 395. The van der Waals surface area contributed by atoms with Crippen molar-refractivity contribution in [3.05, 3.63) is 18.2 Å². The number of fused-ring (bicyclic) bond motifs is 1. The van der Waals surface area contributed by atoms with Gasteiger partial charge in [0, 0.05) is 26.7 Å². The molecule has 0 spiro atoms. The Morgan fingerprint density at radius 1 is 1.33 bits per heavy atom. The Kier molecular flexibility index (Phi) is 4.31. The Labute approximate surface area is 109 Å². The van der Waals surface area contributed by atoms with Gasteiger partial charge < -0.3 is 20.3 Å². The number of hydrogen-bond donors (Lipinski definition) is 1. The van der Waals surface area contributed by atoms with Crippen molar-refractivity contribution in [1.29, 1.82) is 0 Å². The van der Waals surface area contributed by atoms with E-state index in [9.17, 15) is 0 Å². The van der Waals surface area contributed by atoms with Gasteiger partial charge in [0.25, 0.3) is 0 Å². The molecule has 4 heteroatoms. The summed E-state index contributed by atoms with van der Waals surface area (Å²) >= 11 is 0. The van der Waals surface area contributed by atoms with E-state index in [1.54, 1.807) is 7.11 Å². The van der Waals surface area contributed by atoms with E-state index >= 15 is 0 Å². The van der Waals surface area contributed by atoms with E-state index in [-0.39, 0.29) is 0 Å². The quantitative estimate of drug-likeness (QED) is 0.881. The summed E-state index contributed by atoms with van der Waals surface area (Å²) in [6.07, 6.45) is 2.19. The molecule has 0 amide bonds. The molecule has 0 radical (unpaired) electrons. The van der Waals surface area contributed by atoms with Gasteiger partial charge in [0.1, 0.15) is 11.4 Å². The van der Waals surface area contributed by atoms with E-state index in [0.29, 0.717) is 0 Å². The first kappa shape index (κ1) is 13.0. The van der Waals surface area contributed by atoms with E-state index in [1.807, 2.05) is 6.07 Å². The van der Waals surface area contributed by atoms with E-state index in [0.717, 1.165) is 38.3 Å². The molecular formula is C14H23N3O. The van der Waals surface area contributed by atoms with Gasteiger partial charge in [0.15, 0.2) is 0 Å². The van der Waals surface area contributed by atoms with Gasteiger partial charge in [-0.1, -0.05) is 6.07 Å². The predicted molar refractivity (Wildman–Crippen MR) is 76.8 cm³/mol. The summed E-state index contributed by atoms with van der Waals surface area (Å²) in [6.45, 7) is 3.91. The highest BCUT2D eigenvalue weighted by Gasteiger charge is 2.21. The maximum atomic E-state index is 5.63. The summed E-state index contributed by atoms with van der Waals surface area (Å²) in [5.41, 5.74) is 8.10. The van der Waals surface area contributed by atoms with Crippen molar-refractivity contribution in [3.8, 4) is 5.75 Å². The van der Waals surface area contributed by atoms with Gasteiger partial charge in [0.05, 0.1) is 12.8 Å². The van der Waals surface area contributed by atoms with Crippen LogP contribution in [0.5, 0.6) is 5.75 Å². The second-order valence-electron chi connectivity index (χ2n) is 4.73. The molecule has 1 aromatic rings. The number of para-hydroxylation sites is 1. The topological polar surface area (TPSA) is 41.7 Å². The second kappa shape index (κ2) is 5.96. The molecule has 4 nitrogen and oxygen atoms in total. The third-order valence-electron chi connectivity index (χ3n) is 3.47. The lowest BCUT2D eigenvalue weighted by atomic mass is 10.2. The highest BCUT2D eigenvalue weighted by atomic mass is 16.5. The van der Waals surface area contributed by atoms with Crippen molar-refractivity contribution in [1.82, 2.24) is 0 Å². The summed E-state index contributed by atoms with van der Waals surface area (Å²) in [4.78, 5) is 4.71. The summed E-state index contributed by atoms with van der Waals surface area (Å²) in [5, 5.41) is 0. The first-order valence-corrected chi connectivity index (χ1v) is 6.61. The van der Waals surface area contributed by atoms with Gasteiger partial charge in [-0.25, -0.2) is 0 Å². The number of nitrogens with zero attached hydrogens (tertiary/aromatic N) is 2. The van der Waals surface area contributed by atoms with Crippen LogP contribution in [-0.4, -0.2) is 40.3 Å². The summed E-state index contributed by atoms with van der Waals surface area (Å²) in [6, 6.07) is 6.27. The number of benzene rings is 1. The predicted octanol–water partition coefficient (Wildman–Crippen LogP) is 1.69. The first-order valence-electron chi connectivity index (χ1n) is 6.61. The average molecular weight is 249 g/mol. The molecular weight excluding hydrogens is 226 g/mol. The standard InChI is InChI=1S/C14H23N3O/c1-16-9-5-11-17(10-4-8-15)12-6-3-7-13(18-2)14(12)16/h3,6-7H,4-5,8-11,15H2,1-2H3. The number of hydrogen-bond acceptors (Lipinski definition) is 4. The highest BCUT2D eigenvalue weighted by molar-refractivity contribution is 5.78. The van der Waals surface area contributed by atoms with Crippen LogP contribution < -0.4 is 20.3 Å². The Hall–Kier alpha value is -1.42. The van der Waals surface area contributed by atoms with Crippen molar-refractivity contribution >= 4 is 11.4 Å². The molecule has 0 saturated heterocycles. The van der Waals surface area contributed by atoms with Crippen molar-refractivity contribution < 1.29 is 4.74 Å². The molecule has 0 atom stereocenters. The molecule has 0 aromatic heterocycles. The van der Waals surface area contributed by atoms with Gasteiger partial charge in [-0.15, -0.1) is 0 Å². The third kappa shape index (κ3) is 2.53. The second-order valence-corrected chi connectivity index (χ2v) is 4.73. The van der Waals surface area contributed by atoms with Gasteiger partial charge >= 0.3 is 0 Å².